The van der Waals surface area contributed by atoms with Gasteiger partial charge in [0, 0.05) is 17.0 Å². The number of benzene rings is 3. The summed E-state index contributed by atoms with van der Waals surface area (Å²) in [6.45, 7) is 2.58. The van der Waals surface area contributed by atoms with Crippen LogP contribution < -0.4 is 4.90 Å². The Kier molecular flexibility index (Phi) is 5.83. The molecule has 0 unspecified atom stereocenters. The minimum Gasteiger partial charge on any atom is -0.311 e. The number of carbonyl (C=O) groups is 1. The molecular weight excluding hydrogens is 404 g/mol. The number of carbonyl (C=O) groups excluding carboxylic acids is 1. The molecule has 0 spiro atoms. The van der Waals surface area contributed by atoms with Crippen LogP contribution in [-0.4, -0.2) is 33.0 Å². The Morgan fingerprint density at radius 2 is 1.90 bits per heavy atom. The summed E-state index contributed by atoms with van der Waals surface area (Å²) in [5.74, 6) is 0.283. The largest absolute Gasteiger partial charge is 0.311 e. The summed E-state index contributed by atoms with van der Waals surface area (Å²) < 4.78 is 1.83. The SMILES string of the molecule is CCN(C(=O)CSc1nncn1-c1cccc(Cl)c1)c1cccc2ccccc12. The fourth-order valence-electron chi connectivity index (χ4n) is 3.25. The van der Waals surface area contributed by atoms with E-state index in [9.17, 15) is 4.79 Å². The van der Waals surface area contributed by atoms with Gasteiger partial charge in [0.15, 0.2) is 5.16 Å². The van der Waals surface area contributed by atoms with E-state index in [-0.39, 0.29) is 11.7 Å². The van der Waals surface area contributed by atoms with E-state index in [2.05, 4.69) is 22.3 Å². The third-order valence-electron chi connectivity index (χ3n) is 4.60. The number of aromatic nitrogens is 3. The molecule has 0 aliphatic carbocycles. The topological polar surface area (TPSA) is 51.0 Å². The molecule has 1 amide bonds. The van der Waals surface area contributed by atoms with Crippen LogP contribution in [0.5, 0.6) is 0 Å². The van der Waals surface area contributed by atoms with Crippen molar-refractivity contribution >= 4 is 45.7 Å². The average Bonchev–Trinajstić information content (AvgIpc) is 3.22. The second-order valence-electron chi connectivity index (χ2n) is 6.39. The van der Waals surface area contributed by atoms with Crippen molar-refractivity contribution in [3.63, 3.8) is 0 Å². The number of rotatable bonds is 6. The molecule has 3 aromatic carbocycles. The summed E-state index contributed by atoms with van der Waals surface area (Å²) in [5.41, 5.74) is 1.78. The van der Waals surface area contributed by atoms with Crippen LogP contribution in [0.2, 0.25) is 5.02 Å². The zero-order chi connectivity index (χ0) is 20.2. The third kappa shape index (κ3) is 4.13. The number of hydrogen-bond acceptors (Lipinski definition) is 4. The maximum atomic E-state index is 13.0. The Balaban J connectivity index is 1.55. The molecule has 146 valence electrons. The summed E-state index contributed by atoms with van der Waals surface area (Å²) in [4.78, 5) is 14.9. The molecule has 0 bridgehead atoms. The molecule has 0 atom stereocenters. The molecule has 29 heavy (non-hydrogen) atoms. The van der Waals surface area contributed by atoms with Gasteiger partial charge in [0.2, 0.25) is 5.91 Å². The van der Waals surface area contributed by atoms with Gasteiger partial charge in [-0.25, -0.2) is 0 Å². The van der Waals surface area contributed by atoms with Gasteiger partial charge in [-0.2, -0.15) is 0 Å². The fourth-order valence-corrected chi connectivity index (χ4v) is 4.24. The van der Waals surface area contributed by atoms with Gasteiger partial charge in [-0.15, -0.1) is 10.2 Å². The van der Waals surface area contributed by atoms with E-state index in [0.717, 1.165) is 22.1 Å². The maximum Gasteiger partial charge on any atom is 0.237 e. The van der Waals surface area contributed by atoms with Crippen molar-refractivity contribution in [3.05, 3.63) is 78.1 Å². The van der Waals surface area contributed by atoms with E-state index in [0.29, 0.717) is 16.7 Å². The van der Waals surface area contributed by atoms with Crippen LogP contribution in [0.1, 0.15) is 6.92 Å². The molecule has 0 saturated heterocycles. The van der Waals surface area contributed by atoms with Crippen molar-refractivity contribution in [1.29, 1.82) is 0 Å². The fraction of sp³-hybridized carbons (Fsp3) is 0.136. The van der Waals surface area contributed by atoms with Crippen molar-refractivity contribution in [2.24, 2.45) is 0 Å². The second kappa shape index (κ2) is 8.68. The van der Waals surface area contributed by atoms with Gasteiger partial charge in [0.1, 0.15) is 6.33 Å². The quantitative estimate of drug-likeness (QED) is 0.400. The van der Waals surface area contributed by atoms with E-state index >= 15 is 0 Å². The first kappa shape index (κ1) is 19.5. The minimum absolute atomic E-state index is 0.0227. The van der Waals surface area contributed by atoms with Gasteiger partial charge in [0.05, 0.1) is 17.1 Å². The van der Waals surface area contributed by atoms with Crippen molar-refractivity contribution < 1.29 is 4.79 Å². The molecule has 0 radical (unpaired) electrons. The lowest BCUT2D eigenvalue weighted by Crippen LogP contribution is -2.32. The Bertz CT molecular complexity index is 1150. The number of halogens is 1. The molecule has 1 heterocycles. The van der Waals surface area contributed by atoms with Gasteiger partial charge in [-0.05, 0) is 36.6 Å². The molecule has 4 aromatic rings. The molecule has 0 saturated carbocycles. The number of fused-ring (bicyclic) bond motifs is 1. The lowest BCUT2D eigenvalue weighted by molar-refractivity contribution is -0.116. The molecule has 0 aliphatic rings. The van der Waals surface area contributed by atoms with Crippen LogP contribution >= 0.6 is 23.4 Å². The van der Waals surface area contributed by atoms with Crippen LogP contribution in [0.4, 0.5) is 5.69 Å². The first-order valence-corrected chi connectivity index (χ1v) is 10.6. The first-order valence-electron chi connectivity index (χ1n) is 9.24. The number of nitrogens with zero attached hydrogens (tertiary/aromatic N) is 4. The predicted molar refractivity (Wildman–Crippen MR) is 119 cm³/mol. The van der Waals surface area contributed by atoms with Gasteiger partial charge in [0.25, 0.3) is 0 Å². The van der Waals surface area contributed by atoms with Gasteiger partial charge in [-0.1, -0.05) is 65.8 Å². The summed E-state index contributed by atoms with van der Waals surface area (Å²) in [6, 6.07) is 21.6. The summed E-state index contributed by atoms with van der Waals surface area (Å²) in [5, 5.41) is 11.6. The predicted octanol–water partition coefficient (Wildman–Crippen LogP) is 5.22. The molecule has 4 rings (SSSR count). The lowest BCUT2D eigenvalue weighted by atomic mass is 10.1. The van der Waals surface area contributed by atoms with E-state index in [1.165, 1.54) is 11.8 Å². The van der Waals surface area contributed by atoms with Gasteiger partial charge >= 0.3 is 0 Å². The van der Waals surface area contributed by atoms with Crippen LogP contribution in [0.15, 0.2) is 78.2 Å². The monoisotopic (exact) mass is 422 g/mol. The van der Waals surface area contributed by atoms with Gasteiger partial charge < -0.3 is 4.90 Å². The van der Waals surface area contributed by atoms with Crippen molar-refractivity contribution in [3.8, 4) is 5.69 Å². The molecular formula is C22H19ClN4OS. The Morgan fingerprint density at radius 1 is 1.10 bits per heavy atom. The van der Waals surface area contributed by atoms with E-state index in [4.69, 9.17) is 11.6 Å². The smallest absolute Gasteiger partial charge is 0.237 e. The molecule has 1 aromatic heterocycles. The molecule has 0 aliphatic heterocycles. The van der Waals surface area contributed by atoms with Crippen molar-refractivity contribution in [1.82, 2.24) is 14.8 Å². The number of hydrogen-bond donors (Lipinski definition) is 0. The Labute approximate surface area is 178 Å². The highest BCUT2D eigenvalue weighted by atomic mass is 35.5. The van der Waals surface area contributed by atoms with E-state index in [1.807, 2.05) is 71.0 Å². The van der Waals surface area contributed by atoms with Crippen molar-refractivity contribution in [2.75, 3.05) is 17.2 Å². The maximum absolute atomic E-state index is 13.0. The van der Waals surface area contributed by atoms with E-state index < -0.39 is 0 Å². The summed E-state index contributed by atoms with van der Waals surface area (Å²) >= 11 is 7.46. The van der Waals surface area contributed by atoms with Crippen LogP contribution in [0.3, 0.4) is 0 Å². The molecule has 5 nitrogen and oxygen atoms in total. The summed E-state index contributed by atoms with van der Waals surface area (Å²) in [6.07, 6.45) is 1.63. The van der Waals surface area contributed by atoms with Crippen LogP contribution in [0, 0.1) is 0 Å². The normalized spacial score (nSPS) is 11.0. The Hall–Kier alpha value is -2.83. The number of anilines is 1. The highest BCUT2D eigenvalue weighted by molar-refractivity contribution is 7.99. The first-order chi connectivity index (χ1) is 14.2. The number of amides is 1. The minimum atomic E-state index is 0.0227. The van der Waals surface area contributed by atoms with Crippen LogP contribution in [0.25, 0.3) is 16.5 Å². The third-order valence-corrected chi connectivity index (χ3v) is 5.77. The van der Waals surface area contributed by atoms with Gasteiger partial charge in [-0.3, -0.25) is 9.36 Å². The molecule has 0 fully saturated rings. The lowest BCUT2D eigenvalue weighted by Gasteiger charge is -2.22. The molecule has 0 N–H and O–H groups in total. The molecule has 7 heteroatoms. The second-order valence-corrected chi connectivity index (χ2v) is 7.77. The Morgan fingerprint density at radius 3 is 2.72 bits per heavy atom. The standard InChI is InChI=1S/C22H19ClN4OS/c1-2-26(20-12-5-8-16-7-3-4-11-19(16)20)21(28)14-29-22-25-24-15-27(22)18-10-6-9-17(23)13-18/h3-13,15H,2,14H2,1H3. The highest BCUT2D eigenvalue weighted by Gasteiger charge is 2.18. The average molecular weight is 423 g/mol. The zero-order valence-corrected chi connectivity index (χ0v) is 17.4. The van der Waals surface area contributed by atoms with Crippen molar-refractivity contribution in [2.45, 2.75) is 12.1 Å². The van der Waals surface area contributed by atoms with E-state index in [1.54, 1.807) is 6.33 Å². The zero-order valence-electron chi connectivity index (χ0n) is 15.8. The summed E-state index contributed by atoms with van der Waals surface area (Å²) in [7, 11) is 0. The van der Waals surface area contributed by atoms with Crippen LogP contribution in [-0.2, 0) is 4.79 Å². The highest BCUT2D eigenvalue weighted by Crippen LogP contribution is 2.28. The number of thioether (sulfide) groups is 1.